The summed E-state index contributed by atoms with van der Waals surface area (Å²) in [6.45, 7) is 5.29. The van der Waals surface area contributed by atoms with Crippen molar-refractivity contribution in [3.63, 3.8) is 0 Å². The molecule has 0 aromatic heterocycles. The zero-order valence-electron chi connectivity index (χ0n) is 12.2. The van der Waals surface area contributed by atoms with Gasteiger partial charge in [0.05, 0.1) is 0 Å². The van der Waals surface area contributed by atoms with E-state index < -0.39 is 32.2 Å². The Balaban J connectivity index is 2.81. The molecule has 1 heterocycles. The number of ether oxygens (including phenoxy) is 1. The highest BCUT2D eigenvalue weighted by Gasteiger charge is 2.51. The SMILES string of the molecule is CC(C)(C)OC(=O)N1CCC(C(=O)O)(S(C)(=O)=O)CC1. The van der Waals surface area contributed by atoms with Gasteiger partial charge in [-0.05, 0) is 33.6 Å². The lowest BCUT2D eigenvalue weighted by Crippen LogP contribution is -2.55. The molecule has 0 unspecified atom stereocenters. The number of sulfone groups is 1. The maximum absolute atomic E-state index is 11.9. The van der Waals surface area contributed by atoms with Crippen LogP contribution in [0.5, 0.6) is 0 Å². The summed E-state index contributed by atoms with van der Waals surface area (Å²) in [5, 5.41) is 9.22. The Labute approximate surface area is 118 Å². The summed E-state index contributed by atoms with van der Waals surface area (Å²) in [7, 11) is -3.75. The van der Waals surface area contributed by atoms with Gasteiger partial charge in [-0.2, -0.15) is 0 Å². The number of piperidine rings is 1. The van der Waals surface area contributed by atoms with Gasteiger partial charge in [-0.1, -0.05) is 0 Å². The minimum atomic E-state index is -3.75. The summed E-state index contributed by atoms with van der Waals surface area (Å²) in [6.07, 6.45) is 0.121. The first kappa shape index (κ1) is 16.7. The number of aliphatic carboxylic acids is 1. The Kier molecular flexibility index (Phi) is 4.38. The van der Waals surface area contributed by atoms with Crippen LogP contribution in [0.15, 0.2) is 0 Å². The molecule has 1 N–H and O–H groups in total. The van der Waals surface area contributed by atoms with Gasteiger partial charge < -0.3 is 14.7 Å². The van der Waals surface area contributed by atoms with Crippen molar-refractivity contribution in [2.45, 2.75) is 44.0 Å². The molecule has 1 amide bonds. The highest BCUT2D eigenvalue weighted by atomic mass is 32.2. The number of carbonyl (C=O) groups excluding carboxylic acids is 1. The molecule has 0 atom stereocenters. The molecule has 1 aliphatic heterocycles. The van der Waals surface area contributed by atoms with Crippen molar-refractivity contribution in [2.75, 3.05) is 19.3 Å². The van der Waals surface area contributed by atoms with Gasteiger partial charge in [0, 0.05) is 19.3 Å². The Hall–Kier alpha value is -1.31. The lowest BCUT2D eigenvalue weighted by Gasteiger charge is -2.37. The third-order valence-electron chi connectivity index (χ3n) is 3.32. The first-order chi connectivity index (χ1) is 8.89. The Morgan fingerprint density at radius 1 is 1.20 bits per heavy atom. The average Bonchev–Trinajstić information content (AvgIpc) is 2.25. The first-order valence-corrected chi connectivity index (χ1v) is 8.19. The molecular formula is C12H21NO6S. The Bertz CT molecular complexity index is 497. The number of amides is 1. The fraction of sp³-hybridized carbons (Fsp3) is 0.833. The molecule has 8 heteroatoms. The van der Waals surface area contributed by atoms with Gasteiger partial charge in [0.15, 0.2) is 14.6 Å². The zero-order valence-corrected chi connectivity index (χ0v) is 13.0. The van der Waals surface area contributed by atoms with Crippen LogP contribution < -0.4 is 0 Å². The number of carboxylic acid groups (broad SMARTS) is 1. The van der Waals surface area contributed by atoms with Crippen LogP contribution in [-0.4, -0.2) is 60.2 Å². The largest absolute Gasteiger partial charge is 0.480 e. The molecule has 0 aromatic carbocycles. The summed E-state index contributed by atoms with van der Waals surface area (Å²) in [4.78, 5) is 24.5. The van der Waals surface area contributed by atoms with E-state index in [0.717, 1.165) is 6.26 Å². The van der Waals surface area contributed by atoms with Crippen molar-refractivity contribution in [2.24, 2.45) is 0 Å². The van der Waals surface area contributed by atoms with Crippen LogP contribution in [0.2, 0.25) is 0 Å². The van der Waals surface area contributed by atoms with E-state index in [9.17, 15) is 23.1 Å². The van der Waals surface area contributed by atoms with E-state index in [2.05, 4.69) is 0 Å². The Morgan fingerprint density at radius 2 is 1.65 bits per heavy atom. The predicted octanol–water partition coefficient (Wildman–Crippen LogP) is 0.885. The second kappa shape index (κ2) is 5.23. The zero-order chi connectivity index (χ0) is 15.8. The lowest BCUT2D eigenvalue weighted by molar-refractivity contribution is -0.141. The molecular weight excluding hydrogens is 286 g/mol. The highest BCUT2D eigenvalue weighted by molar-refractivity contribution is 7.92. The normalized spacial score (nSPS) is 19.5. The van der Waals surface area contributed by atoms with E-state index in [1.807, 2.05) is 0 Å². The summed E-state index contributed by atoms with van der Waals surface area (Å²) in [6, 6.07) is 0. The molecule has 1 aliphatic rings. The van der Waals surface area contributed by atoms with Crippen molar-refractivity contribution in [1.29, 1.82) is 0 Å². The van der Waals surface area contributed by atoms with Gasteiger partial charge in [0.25, 0.3) is 0 Å². The van der Waals surface area contributed by atoms with Gasteiger partial charge in [-0.15, -0.1) is 0 Å². The van der Waals surface area contributed by atoms with Crippen LogP contribution in [0.1, 0.15) is 33.6 Å². The quantitative estimate of drug-likeness (QED) is 0.813. The number of hydrogen-bond donors (Lipinski definition) is 1. The molecule has 1 rings (SSSR count). The van der Waals surface area contributed by atoms with Crippen LogP contribution in [0.25, 0.3) is 0 Å². The van der Waals surface area contributed by atoms with Gasteiger partial charge in [-0.3, -0.25) is 4.79 Å². The minimum Gasteiger partial charge on any atom is -0.480 e. The summed E-state index contributed by atoms with van der Waals surface area (Å²) < 4.78 is 26.9. The van der Waals surface area contributed by atoms with Gasteiger partial charge in [0.1, 0.15) is 5.60 Å². The van der Waals surface area contributed by atoms with Crippen molar-refractivity contribution >= 4 is 21.9 Å². The highest BCUT2D eigenvalue weighted by Crippen LogP contribution is 2.31. The third kappa shape index (κ3) is 3.41. The molecule has 20 heavy (non-hydrogen) atoms. The number of hydrogen-bond acceptors (Lipinski definition) is 5. The fourth-order valence-corrected chi connectivity index (χ4v) is 3.36. The topological polar surface area (TPSA) is 101 Å². The third-order valence-corrected chi connectivity index (χ3v) is 5.32. The molecule has 116 valence electrons. The van der Waals surface area contributed by atoms with E-state index in [4.69, 9.17) is 4.74 Å². The van der Waals surface area contributed by atoms with E-state index >= 15 is 0 Å². The smallest absolute Gasteiger partial charge is 0.410 e. The van der Waals surface area contributed by atoms with Gasteiger partial charge in [0.2, 0.25) is 0 Å². The first-order valence-electron chi connectivity index (χ1n) is 6.30. The number of rotatable bonds is 2. The monoisotopic (exact) mass is 307 g/mol. The molecule has 0 saturated carbocycles. The van der Waals surface area contributed by atoms with E-state index in [-0.39, 0.29) is 25.9 Å². The molecule has 1 saturated heterocycles. The molecule has 1 fully saturated rings. The summed E-state index contributed by atoms with van der Waals surface area (Å²) in [5.41, 5.74) is -0.644. The molecule has 0 bridgehead atoms. The summed E-state index contributed by atoms with van der Waals surface area (Å²) in [5.74, 6) is -1.36. The van der Waals surface area contributed by atoms with E-state index in [0.29, 0.717) is 0 Å². The van der Waals surface area contributed by atoms with E-state index in [1.165, 1.54) is 4.90 Å². The van der Waals surface area contributed by atoms with Crippen LogP contribution >= 0.6 is 0 Å². The molecule has 0 radical (unpaired) electrons. The van der Waals surface area contributed by atoms with Crippen LogP contribution in [0.3, 0.4) is 0 Å². The number of likely N-dealkylation sites (tertiary alicyclic amines) is 1. The van der Waals surface area contributed by atoms with E-state index in [1.54, 1.807) is 20.8 Å². The van der Waals surface area contributed by atoms with Crippen molar-refractivity contribution in [3.05, 3.63) is 0 Å². The lowest BCUT2D eigenvalue weighted by atomic mass is 9.96. The van der Waals surface area contributed by atoms with Crippen LogP contribution in [0.4, 0.5) is 4.79 Å². The minimum absolute atomic E-state index is 0.0499. The average molecular weight is 307 g/mol. The fourth-order valence-electron chi connectivity index (χ4n) is 2.12. The Morgan fingerprint density at radius 3 is 1.95 bits per heavy atom. The van der Waals surface area contributed by atoms with Crippen LogP contribution in [-0.2, 0) is 19.4 Å². The predicted molar refractivity (Wildman–Crippen MR) is 72.3 cm³/mol. The van der Waals surface area contributed by atoms with Crippen molar-refractivity contribution in [3.8, 4) is 0 Å². The second-order valence-electron chi connectivity index (χ2n) is 6.04. The maximum Gasteiger partial charge on any atom is 0.410 e. The molecule has 0 aliphatic carbocycles. The number of carboxylic acids is 1. The van der Waals surface area contributed by atoms with Gasteiger partial charge >= 0.3 is 12.1 Å². The molecule has 0 aromatic rings. The standard InChI is InChI=1S/C12H21NO6S/c1-11(2,3)19-10(16)13-7-5-12(6-8-13,9(14)15)20(4,17)18/h5-8H2,1-4H3,(H,14,15). The van der Waals surface area contributed by atoms with Crippen molar-refractivity contribution in [1.82, 2.24) is 4.90 Å². The summed E-state index contributed by atoms with van der Waals surface area (Å²) >= 11 is 0. The molecule has 7 nitrogen and oxygen atoms in total. The number of carbonyl (C=O) groups is 2. The molecule has 0 spiro atoms. The van der Waals surface area contributed by atoms with Crippen LogP contribution in [0, 0.1) is 0 Å². The number of nitrogens with zero attached hydrogens (tertiary/aromatic N) is 1. The maximum atomic E-state index is 11.9. The van der Waals surface area contributed by atoms with Gasteiger partial charge in [-0.25, -0.2) is 13.2 Å². The second-order valence-corrected chi connectivity index (χ2v) is 8.36. The van der Waals surface area contributed by atoms with Crippen molar-refractivity contribution < 1.29 is 27.9 Å².